The Morgan fingerprint density at radius 3 is 2.47 bits per heavy atom. The molecule has 0 amide bonds. The largest absolute Gasteiger partial charge is 0.493 e. The third-order valence-corrected chi connectivity index (χ3v) is 5.18. The van der Waals surface area contributed by atoms with Crippen molar-refractivity contribution < 1.29 is 19.0 Å². The topological polar surface area (TPSA) is 44.8 Å². The highest BCUT2D eigenvalue weighted by atomic mass is 35.5. The SMILES string of the molecule is COc1cc(C=Cc2cccc3ccccc23)ccc1OC(=O)COc1ccccc1Cl. The molecule has 0 spiro atoms. The first kappa shape index (κ1) is 21.5. The normalized spacial score (nSPS) is 10.9. The molecule has 0 aromatic heterocycles. The van der Waals surface area contributed by atoms with Crippen LogP contribution >= 0.6 is 11.6 Å². The Morgan fingerprint density at radius 1 is 0.844 bits per heavy atom. The Hall–Kier alpha value is -3.76. The van der Waals surface area contributed by atoms with Gasteiger partial charge in [0.25, 0.3) is 0 Å². The van der Waals surface area contributed by atoms with Crippen LogP contribution in [0.25, 0.3) is 22.9 Å². The summed E-state index contributed by atoms with van der Waals surface area (Å²) >= 11 is 6.04. The van der Waals surface area contributed by atoms with Crippen molar-refractivity contribution in [3.05, 3.63) is 101 Å². The van der Waals surface area contributed by atoms with Crippen LogP contribution in [-0.4, -0.2) is 19.7 Å². The van der Waals surface area contributed by atoms with Gasteiger partial charge in [-0.2, -0.15) is 0 Å². The van der Waals surface area contributed by atoms with Crippen LogP contribution in [0.3, 0.4) is 0 Å². The van der Waals surface area contributed by atoms with Gasteiger partial charge >= 0.3 is 5.97 Å². The molecule has 0 aliphatic carbocycles. The number of hydrogen-bond donors (Lipinski definition) is 0. The summed E-state index contributed by atoms with van der Waals surface area (Å²) in [5, 5.41) is 2.80. The Bertz CT molecular complexity index is 1270. The van der Waals surface area contributed by atoms with E-state index < -0.39 is 5.97 Å². The Kier molecular flexibility index (Phi) is 6.73. The number of carbonyl (C=O) groups excluding carboxylic acids is 1. The zero-order valence-corrected chi connectivity index (χ0v) is 18.2. The lowest BCUT2D eigenvalue weighted by atomic mass is 10.0. The lowest BCUT2D eigenvalue weighted by molar-refractivity contribution is -0.136. The molecular weight excluding hydrogens is 424 g/mol. The van der Waals surface area contributed by atoms with E-state index >= 15 is 0 Å². The van der Waals surface area contributed by atoms with Gasteiger partial charge in [-0.1, -0.05) is 84.4 Å². The molecule has 0 aliphatic rings. The number of ether oxygens (including phenoxy) is 3. The third kappa shape index (κ3) is 5.10. The van der Waals surface area contributed by atoms with Crippen LogP contribution in [-0.2, 0) is 4.79 Å². The minimum atomic E-state index is -0.553. The summed E-state index contributed by atoms with van der Waals surface area (Å²) in [4.78, 5) is 12.2. The van der Waals surface area contributed by atoms with Crippen molar-refractivity contribution in [2.24, 2.45) is 0 Å². The van der Waals surface area contributed by atoms with Crippen molar-refractivity contribution in [2.45, 2.75) is 0 Å². The van der Waals surface area contributed by atoms with Crippen molar-refractivity contribution in [3.8, 4) is 17.2 Å². The van der Waals surface area contributed by atoms with Gasteiger partial charge in [-0.05, 0) is 46.2 Å². The van der Waals surface area contributed by atoms with Crippen LogP contribution in [0.2, 0.25) is 5.02 Å². The van der Waals surface area contributed by atoms with Gasteiger partial charge in [-0.15, -0.1) is 0 Å². The molecule has 0 fully saturated rings. The maximum atomic E-state index is 12.2. The van der Waals surface area contributed by atoms with Crippen molar-refractivity contribution in [3.63, 3.8) is 0 Å². The highest BCUT2D eigenvalue weighted by Gasteiger charge is 2.12. The van der Waals surface area contributed by atoms with E-state index in [1.807, 2.05) is 36.4 Å². The zero-order chi connectivity index (χ0) is 22.3. The van der Waals surface area contributed by atoms with Gasteiger partial charge in [-0.3, -0.25) is 0 Å². The molecular formula is C27H21ClO4. The number of methoxy groups -OCH3 is 1. The molecule has 5 heteroatoms. The van der Waals surface area contributed by atoms with Crippen molar-refractivity contribution >= 4 is 40.5 Å². The van der Waals surface area contributed by atoms with Crippen molar-refractivity contribution in [2.75, 3.05) is 13.7 Å². The van der Waals surface area contributed by atoms with E-state index in [0.717, 1.165) is 11.1 Å². The number of esters is 1. The summed E-state index contributed by atoms with van der Waals surface area (Å²) in [6, 6.07) is 26.8. The third-order valence-electron chi connectivity index (χ3n) is 4.87. The second kappa shape index (κ2) is 10.0. The average Bonchev–Trinajstić information content (AvgIpc) is 2.83. The second-order valence-corrected chi connectivity index (χ2v) is 7.41. The summed E-state index contributed by atoms with van der Waals surface area (Å²) in [5.74, 6) is 0.646. The van der Waals surface area contributed by atoms with Crippen LogP contribution in [0.5, 0.6) is 17.2 Å². The Balaban J connectivity index is 1.46. The minimum absolute atomic E-state index is 0.268. The summed E-state index contributed by atoms with van der Waals surface area (Å²) < 4.78 is 16.3. The lowest BCUT2D eigenvalue weighted by Crippen LogP contribution is -2.18. The predicted molar refractivity (Wildman–Crippen MR) is 128 cm³/mol. The van der Waals surface area contributed by atoms with Crippen LogP contribution in [0, 0.1) is 0 Å². The monoisotopic (exact) mass is 444 g/mol. The molecule has 0 unspecified atom stereocenters. The van der Waals surface area contributed by atoms with E-state index in [2.05, 4.69) is 30.3 Å². The molecule has 4 rings (SSSR count). The maximum Gasteiger partial charge on any atom is 0.349 e. The highest BCUT2D eigenvalue weighted by molar-refractivity contribution is 6.32. The fourth-order valence-electron chi connectivity index (χ4n) is 3.30. The van der Waals surface area contributed by atoms with Gasteiger partial charge in [0, 0.05) is 0 Å². The van der Waals surface area contributed by atoms with E-state index in [-0.39, 0.29) is 6.61 Å². The van der Waals surface area contributed by atoms with Crippen LogP contribution in [0.15, 0.2) is 84.9 Å². The minimum Gasteiger partial charge on any atom is -0.493 e. The van der Waals surface area contributed by atoms with Gasteiger partial charge in [0.15, 0.2) is 18.1 Å². The van der Waals surface area contributed by atoms with Gasteiger partial charge < -0.3 is 14.2 Å². The summed E-state index contributed by atoms with van der Waals surface area (Å²) in [5.41, 5.74) is 2.04. The van der Waals surface area contributed by atoms with Gasteiger partial charge in [0.2, 0.25) is 0 Å². The van der Waals surface area contributed by atoms with Gasteiger partial charge in [-0.25, -0.2) is 4.79 Å². The molecule has 0 saturated heterocycles. The standard InChI is InChI=1S/C27H21ClO4/c1-30-26-17-19(13-15-21-9-6-8-20-7-2-3-10-22(20)21)14-16-25(26)32-27(29)18-31-24-12-5-4-11-23(24)28/h2-17H,18H2,1H3. The molecule has 4 aromatic rings. The van der Waals surface area contributed by atoms with Crippen LogP contribution in [0.4, 0.5) is 0 Å². The van der Waals surface area contributed by atoms with E-state index in [4.69, 9.17) is 25.8 Å². The zero-order valence-electron chi connectivity index (χ0n) is 17.5. The van der Waals surface area contributed by atoms with Crippen molar-refractivity contribution in [1.29, 1.82) is 0 Å². The molecule has 160 valence electrons. The number of benzene rings is 4. The number of hydrogen-bond acceptors (Lipinski definition) is 4. The van der Waals surface area contributed by atoms with Crippen LogP contribution in [0.1, 0.15) is 11.1 Å². The molecule has 32 heavy (non-hydrogen) atoms. The summed E-state index contributed by atoms with van der Waals surface area (Å²) in [7, 11) is 1.53. The number of carbonyl (C=O) groups is 1. The first-order valence-electron chi connectivity index (χ1n) is 10.1. The fraction of sp³-hybridized carbons (Fsp3) is 0.0741. The number of para-hydroxylation sites is 1. The lowest BCUT2D eigenvalue weighted by Gasteiger charge is -2.11. The summed E-state index contributed by atoms with van der Waals surface area (Å²) in [6.07, 6.45) is 4.05. The maximum absolute atomic E-state index is 12.2. The number of fused-ring (bicyclic) bond motifs is 1. The van der Waals surface area contributed by atoms with E-state index in [1.54, 1.807) is 30.3 Å². The smallest absolute Gasteiger partial charge is 0.349 e. The molecule has 0 aliphatic heterocycles. The highest BCUT2D eigenvalue weighted by Crippen LogP contribution is 2.30. The second-order valence-electron chi connectivity index (χ2n) is 7.01. The van der Waals surface area contributed by atoms with E-state index in [1.165, 1.54) is 17.9 Å². The molecule has 4 nitrogen and oxygen atoms in total. The van der Waals surface area contributed by atoms with Crippen molar-refractivity contribution in [1.82, 2.24) is 0 Å². The molecule has 0 bridgehead atoms. The number of halogens is 1. The Morgan fingerprint density at radius 2 is 1.62 bits per heavy atom. The van der Waals surface area contributed by atoms with E-state index in [0.29, 0.717) is 22.3 Å². The molecule has 0 N–H and O–H groups in total. The van der Waals surface area contributed by atoms with Gasteiger partial charge in [0.1, 0.15) is 5.75 Å². The molecule has 0 saturated carbocycles. The first-order chi connectivity index (χ1) is 15.6. The van der Waals surface area contributed by atoms with E-state index in [9.17, 15) is 4.79 Å². The molecule has 0 atom stereocenters. The first-order valence-corrected chi connectivity index (χ1v) is 10.4. The molecule has 0 heterocycles. The average molecular weight is 445 g/mol. The predicted octanol–water partition coefficient (Wildman–Crippen LogP) is 6.66. The number of rotatable bonds is 7. The fourth-order valence-corrected chi connectivity index (χ4v) is 3.49. The Labute approximate surface area is 191 Å². The molecule has 4 aromatic carbocycles. The quantitative estimate of drug-likeness (QED) is 0.182. The summed E-state index contributed by atoms with van der Waals surface area (Å²) in [6.45, 7) is -0.268. The van der Waals surface area contributed by atoms with Gasteiger partial charge in [0.05, 0.1) is 12.1 Å². The molecule has 0 radical (unpaired) electrons. The van der Waals surface area contributed by atoms with Crippen LogP contribution < -0.4 is 14.2 Å².